The average Bonchev–Trinajstić information content (AvgIpc) is 2.42. The minimum Gasteiger partial charge on any atom is -0.313 e. The summed E-state index contributed by atoms with van der Waals surface area (Å²) in [5, 5.41) is 3.54. The summed E-state index contributed by atoms with van der Waals surface area (Å²) < 4.78 is 27.2. The standard InChI is InChI=1S/C16H16ClF2N/c1-10-3-5-13(18)7-11(10)8-16(20-2)14-9-12(17)4-6-15(14)19/h3-7,9,16,20H,8H2,1-2H3. The number of aryl methyl sites for hydroxylation is 1. The van der Waals surface area contributed by atoms with Crippen molar-refractivity contribution in [3.05, 3.63) is 69.7 Å². The fourth-order valence-electron chi connectivity index (χ4n) is 2.23. The average molecular weight is 296 g/mol. The van der Waals surface area contributed by atoms with Crippen LogP contribution in [0.1, 0.15) is 22.7 Å². The number of likely N-dealkylation sites (N-methyl/N-ethyl adjacent to an activating group) is 1. The van der Waals surface area contributed by atoms with Crippen LogP contribution in [0.4, 0.5) is 8.78 Å². The van der Waals surface area contributed by atoms with E-state index in [1.54, 1.807) is 19.2 Å². The maximum absolute atomic E-state index is 13.9. The summed E-state index contributed by atoms with van der Waals surface area (Å²) in [5.74, 6) is -0.602. The molecule has 0 aliphatic carbocycles. The lowest BCUT2D eigenvalue weighted by Crippen LogP contribution is -2.20. The molecule has 0 spiro atoms. The summed E-state index contributed by atoms with van der Waals surface area (Å²) >= 11 is 5.92. The molecule has 20 heavy (non-hydrogen) atoms. The van der Waals surface area contributed by atoms with E-state index in [1.807, 2.05) is 6.92 Å². The molecule has 0 fully saturated rings. The van der Waals surface area contributed by atoms with Crippen LogP contribution in [0.2, 0.25) is 5.02 Å². The third kappa shape index (κ3) is 3.35. The molecule has 0 aliphatic rings. The second-order valence-corrected chi connectivity index (χ2v) is 5.22. The van der Waals surface area contributed by atoms with Gasteiger partial charge in [0.25, 0.3) is 0 Å². The van der Waals surface area contributed by atoms with Crippen molar-refractivity contribution in [2.75, 3.05) is 7.05 Å². The molecule has 1 nitrogen and oxygen atoms in total. The second-order valence-electron chi connectivity index (χ2n) is 4.78. The second kappa shape index (κ2) is 6.33. The Hall–Kier alpha value is -1.45. The highest BCUT2D eigenvalue weighted by molar-refractivity contribution is 6.30. The molecule has 0 bridgehead atoms. The van der Waals surface area contributed by atoms with Gasteiger partial charge in [-0.3, -0.25) is 0 Å². The fraction of sp³-hybridized carbons (Fsp3) is 0.250. The zero-order valence-corrected chi connectivity index (χ0v) is 12.1. The Morgan fingerprint density at radius 2 is 1.90 bits per heavy atom. The van der Waals surface area contributed by atoms with E-state index in [0.717, 1.165) is 11.1 Å². The van der Waals surface area contributed by atoms with Crippen molar-refractivity contribution >= 4 is 11.6 Å². The van der Waals surface area contributed by atoms with Crippen LogP contribution >= 0.6 is 11.6 Å². The molecule has 0 aliphatic heterocycles. The van der Waals surface area contributed by atoms with E-state index >= 15 is 0 Å². The van der Waals surface area contributed by atoms with E-state index in [1.165, 1.54) is 24.3 Å². The quantitative estimate of drug-likeness (QED) is 0.880. The van der Waals surface area contributed by atoms with Gasteiger partial charge in [0.1, 0.15) is 11.6 Å². The Bertz CT molecular complexity index is 613. The van der Waals surface area contributed by atoms with Crippen molar-refractivity contribution in [2.45, 2.75) is 19.4 Å². The zero-order valence-electron chi connectivity index (χ0n) is 11.4. The smallest absolute Gasteiger partial charge is 0.128 e. The van der Waals surface area contributed by atoms with E-state index in [-0.39, 0.29) is 17.7 Å². The Morgan fingerprint density at radius 3 is 2.60 bits per heavy atom. The molecule has 2 aromatic rings. The highest BCUT2D eigenvalue weighted by Gasteiger charge is 2.16. The van der Waals surface area contributed by atoms with Gasteiger partial charge >= 0.3 is 0 Å². The van der Waals surface area contributed by atoms with Crippen LogP contribution in [0.25, 0.3) is 0 Å². The molecule has 1 N–H and O–H groups in total. The SMILES string of the molecule is CNC(Cc1cc(F)ccc1C)c1cc(Cl)ccc1F. The summed E-state index contributed by atoms with van der Waals surface area (Å²) in [6.45, 7) is 1.91. The van der Waals surface area contributed by atoms with Crippen molar-refractivity contribution in [1.29, 1.82) is 0 Å². The predicted molar refractivity (Wildman–Crippen MR) is 78.1 cm³/mol. The Balaban J connectivity index is 2.33. The van der Waals surface area contributed by atoms with Crippen LogP contribution in [-0.4, -0.2) is 7.05 Å². The fourth-order valence-corrected chi connectivity index (χ4v) is 2.41. The van der Waals surface area contributed by atoms with Crippen molar-refractivity contribution in [3.63, 3.8) is 0 Å². The minimum absolute atomic E-state index is 0.255. The van der Waals surface area contributed by atoms with Crippen LogP contribution in [0.15, 0.2) is 36.4 Å². The summed E-state index contributed by atoms with van der Waals surface area (Å²) in [6, 6.07) is 8.85. The molecule has 4 heteroatoms. The zero-order chi connectivity index (χ0) is 14.7. The topological polar surface area (TPSA) is 12.0 Å². The molecule has 0 saturated heterocycles. The Kier molecular flexibility index (Phi) is 4.73. The lowest BCUT2D eigenvalue weighted by atomic mass is 9.96. The molecule has 0 aromatic heterocycles. The lowest BCUT2D eigenvalue weighted by Gasteiger charge is -2.19. The van der Waals surface area contributed by atoms with Crippen LogP contribution < -0.4 is 5.32 Å². The summed E-state index contributed by atoms with van der Waals surface area (Å²) in [5.41, 5.74) is 2.32. The van der Waals surface area contributed by atoms with Gasteiger partial charge in [-0.2, -0.15) is 0 Å². The number of rotatable bonds is 4. The minimum atomic E-state index is -0.317. The predicted octanol–water partition coefficient (Wildman–Crippen LogP) is 4.43. The third-order valence-corrected chi connectivity index (χ3v) is 3.65. The van der Waals surface area contributed by atoms with Gasteiger partial charge in [0.2, 0.25) is 0 Å². The Morgan fingerprint density at radius 1 is 1.15 bits per heavy atom. The van der Waals surface area contributed by atoms with Crippen molar-refractivity contribution < 1.29 is 8.78 Å². The molecule has 0 radical (unpaired) electrons. The van der Waals surface area contributed by atoms with E-state index in [2.05, 4.69) is 5.32 Å². The van der Waals surface area contributed by atoms with Gasteiger partial charge in [0.05, 0.1) is 0 Å². The van der Waals surface area contributed by atoms with E-state index in [0.29, 0.717) is 17.0 Å². The van der Waals surface area contributed by atoms with Crippen molar-refractivity contribution in [1.82, 2.24) is 5.32 Å². The van der Waals surface area contributed by atoms with Crippen molar-refractivity contribution in [3.8, 4) is 0 Å². The first-order valence-electron chi connectivity index (χ1n) is 6.38. The van der Waals surface area contributed by atoms with Crippen LogP contribution in [-0.2, 0) is 6.42 Å². The molecule has 106 valence electrons. The number of halogens is 3. The maximum Gasteiger partial charge on any atom is 0.128 e. The summed E-state index contributed by atoms with van der Waals surface area (Å²) in [6.07, 6.45) is 0.497. The summed E-state index contributed by atoms with van der Waals surface area (Å²) in [7, 11) is 1.75. The van der Waals surface area contributed by atoms with E-state index in [9.17, 15) is 8.78 Å². The van der Waals surface area contributed by atoms with E-state index in [4.69, 9.17) is 11.6 Å². The molecule has 0 saturated carbocycles. The van der Waals surface area contributed by atoms with Crippen LogP contribution in [0, 0.1) is 18.6 Å². The van der Waals surface area contributed by atoms with Gasteiger partial charge in [-0.25, -0.2) is 8.78 Å². The van der Waals surface area contributed by atoms with Gasteiger partial charge in [-0.05, 0) is 61.9 Å². The normalized spacial score (nSPS) is 12.4. The molecule has 2 aromatic carbocycles. The molecule has 1 atom stereocenters. The largest absolute Gasteiger partial charge is 0.313 e. The molecule has 0 amide bonds. The first-order valence-corrected chi connectivity index (χ1v) is 6.76. The first kappa shape index (κ1) is 14.9. The van der Waals surface area contributed by atoms with Gasteiger partial charge < -0.3 is 5.32 Å². The van der Waals surface area contributed by atoms with Crippen LogP contribution in [0.5, 0.6) is 0 Å². The maximum atomic E-state index is 13.9. The van der Waals surface area contributed by atoms with Crippen LogP contribution in [0.3, 0.4) is 0 Å². The van der Waals surface area contributed by atoms with Gasteiger partial charge in [-0.1, -0.05) is 17.7 Å². The first-order chi connectivity index (χ1) is 9.51. The van der Waals surface area contributed by atoms with Crippen molar-refractivity contribution in [2.24, 2.45) is 0 Å². The number of hydrogen-bond acceptors (Lipinski definition) is 1. The highest BCUT2D eigenvalue weighted by atomic mass is 35.5. The van der Waals surface area contributed by atoms with Gasteiger partial charge in [0, 0.05) is 16.6 Å². The number of benzene rings is 2. The van der Waals surface area contributed by atoms with E-state index < -0.39 is 0 Å². The van der Waals surface area contributed by atoms with Gasteiger partial charge in [-0.15, -0.1) is 0 Å². The number of nitrogens with one attached hydrogen (secondary N) is 1. The molecule has 0 heterocycles. The lowest BCUT2D eigenvalue weighted by molar-refractivity contribution is 0.531. The molecule has 1 unspecified atom stereocenters. The number of hydrogen-bond donors (Lipinski definition) is 1. The molecule has 2 rings (SSSR count). The summed E-state index contributed by atoms with van der Waals surface area (Å²) in [4.78, 5) is 0. The molecular formula is C16H16ClF2N. The highest BCUT2D eigenvalue weighted by Crippen LogP contribution is 2.25. The van der Waals surface area contributed by atoms with Gasteiger partial charge in [0.15, 0.2) is 0 Å². The monoisotopic (exact) mass is 295 g/mol. The molecular weight excluding hydrogens is 280 g/mol. The Labute approximate surface area is 122 Å². The third-order valence-electron chi connectivity index (χ3n) is 3.42.